The average Bonchev–Trinajstić information content (AvgIpc) is 1.83. The fourth-order valence-electron chi connectivity index (χ4n) is 0.173. The van der Waals surface area contributed by atoms with Gasteiger partial charge in [-0.25, -0.2) is 0 Å². The number of hydrogen-bond donors (Lipinski definition) is 0. The Morgan fingerprint density at radius 1 is 1.25 bits per heavy atom. The molecular weight excluding hydrogens is 108 g/mol. The lowest BCUT2D eigenvalue weighted by Gasteiger charge is -1.67. The highest BCUT2D eigenvalue weighted by molar-refractivity contribution is 6.30. The fourth-order valence-corrected chi connectivity index (χ4v) is 0.173. The molecule has 0 spiro atoms. The molecule has 0 amide bonds. The van der Waals surface area contributed by atoms with E-state index >= 15 is 0 Å². The van der Waals surface area contributed by atoms with E-state index in [2.05, 4.69) is 0 Å². The van der Waals surface area contributed by atoms with Gasteiger partial charge in [-0.3, -0.25) is 14.4 Å². The van der Waals surface area contributed by atoms with Crippen LogP contribution in [0.4, 0.5) is 0 Å². The molecule has 0 saturated carbocycles. The highest BCUT2D eigenvalue weighted by Crippen LogP contribution is 1.66. The summed E-state index contributed by atoms with van der Waals surface area (Å²) in [6.45, 7) is 0. The Labute approximate surface area is 46.0 Å². The van der Waals surface area contributed by atoms with E-state index in [1.165, 1.54) is 0 Å². The second-order valence-corrected chi connectivity index (χ2v) is 1.02. The van der Waals surface area contributed by atoms with Crippen molar-refractivity contribution in [2.75, 3.05) is 0 Å². The summed E-state index contributed by atoms with van der Waals surface area (Å²) in [6.07, 6.45) is 2.44. The first kappa shape index (κ1) is 6.75. The third-order valence-electron chi connectivity index (χ3n) is 0.455. The molecule has 0 aliphatic carbocycles. The van der Waals surface area contributed by atoms with Crippen LogP contribution in [-0.2, 0) is 14.4 Å². The predicted molar refractivity (Wildman–Crippen MR) is 26.3 cm³/mol. The van der Waals surface area contributed by atoms with Crippen molar-refractivity contribution in [3.63, 3.8) is 0 Å². The normalized spacial score (nSPS) is 9.00. The second-order valence-electron chi connectivity index (χ2n) is 1.02. The van der Waals surface area contributed by atoms with Crippen molar-refractivity contribution in [1.29, 1.82) is 0 Å². The highest BCUT2D eigenvalue weighted by Gasteiger charge is 1.85. The maximum atomic E-state index is 9.96. The maximum absolute atomic E-state index is 9.96. The van der Waals surface area contributed by atoms with Gasteiger partial charge in [-0.05, 0) is 12.2 Å². The molecule has 0 aromatic heterocycles. The minimum atomic E-state index is -0.697. The molecule has 0 atom stereocenters. The Hall–Kier alpha value is -1.25. The van der Waals surface area contributed by atoms with E-state index in [4.69, 9.17) is 0 Å². The molecular formula is C5H4O3. The Morgan fingerprint density at radius 3 is 2.25 bits per heavy atom. The Balaban J connectivity index is 3.69. The van der Waals surface area contributed by atoms with Crippen molar-refractivity contribution in [3.8, 4) is 0 Å². The first-order chi connectivity index (χ1) is 3.81. The van der Waals surface area contributed by atoms with Gasteiger partial charge in [-0.15, -0.1) is 0 Å². The molecule has 0 fully saturated rings. The molecule has 0 aliphatic heterocycles. The summed E-state index contributed by atoms with van der Waals surface area (Å²) < 4.78 is 0. The van der Waals surface area contributed by atoms with Crippen molar-refractivity contribution in [1.82, 2.24) is 0 Å². The molecule has 8 heavy (non-hydrogen) atoms. The monoisotopic (exact) mass is 112 g/mol. The molecule has 0 aliphatic rings. The second kappa shape index (κ2) is 3.92. The van der Waals surface area contributed by atoms with Gasteiger partial charge in [0.25, 0.3) is 0 Å². The van der Waals surface area contributed by atoms with E-state index in [9.17, 15) is 14.4 Å². The summed E-state index contributed by atoms with van der Waals surface area (Å²) in [7, 11) is 0. The van der Waals surface area contributed by atoms with Crippen LogP contribution in [0, 0.1) is 0 Å². The number of carbonyl (C=O) groups excluding carboxylic acids is 3. The Kier molecular flexibility index (Phi) is 3.31. The molecule has 0 N–H and O–H groups in total. The van der Waals surface area contributed by atoms with Gasteiger partial charge in [0.05, 0.1) is 0 Å². The average molecular weight is 112 g/mol. The van der Waals surface area contributed by atoms with Crippen molar-refractivity contribution >= 4 is 18.4 Å². The molecule has 0 bridgehead atoms. The Morgan fingerprint density at radius 2 is 1.88 bits per heavy atom. The summed E-state index contributed by atoms with van der Waals surface area (Å²) in [5.74, 6) is -0.697. The van der Waals surface area contributed by atoms with Gasteiger partial charge in [-0.2, -0.15) is 0 Å². The molecule has 0 aromatic rings. The number of ketones is 1. The number of rotatable bonds is 3. The van der Waals surface area contributed by atoms with Crippen LogP contribution >= 0.6 is 0 Å². The van der Waals surface area contributed by atoms with Gasteiger partial charge in [0.15, 0.2) is 6.29 Å². The minimum absolute atomic E-state index is 0.139. The number of allylic oxidation sites excluding steroid dienone is 2. The van der Waals surface area contributed by atoms with Crippen LogP contribution in [0.5, 0.6) is 0 Å². The first-order valence-electron chi connectivity index (χ1n) is 1.92. The lowest BCUT2D eigenvalue weighted by molar-refractivity contribution is -0.126. The van der Waals surface area contributed by atoms with Crippen LogP contribution in [-0.4, -0.2) is 18.4 Å². The zero-order chi connectivity index (χ0) is 6.41. The van der Waals surface area contributed by atoms with E-state index in [1.54, 1.807) is 0 Å². The lowest BCUT2D eigenvalue weighted by atomic mass is 10.4. The molecule has 0 aromatic carbocycles. The van der Waals surface area contributed by atoms with Crippen molar-refractivity contribution < 1.29 is 14.4 Å². The van der Waals surface area contributed by atoms with Gasteiger partial charge in [-0.1, -0.05) is 0 Å². The molecule has 0 saturated heterocycles. The molecule has 3 nitrogen and oxygen atoms in total. The van der Waals surface area contributed by atoms with Crippen LogP contribution in [0.2, 0.25) is 0 Å². The van der Waals surface area contributed by atoms with E-state index in [0.717, 1.165) is 12.2 Å². The van der Waals surface area contributed by atoms with Gasteiger partial charge in [0.1, 0.15) is 6.29 Å². The van der Waals surface area contributed by atoms with Crippen LogP contribution in [0.3, 0.4) is 0 Å². The zero-order valence-electron chi connectivity index (χ0n) is 4.03. The van der Waals surface area contributed by atoms with Crippen molar-refractivity contribution in [2.45, 2.75) is 0 Å². The molecule has 0 radical (unpaired) electrons. The summed E-state index contributed by atoms with van der Waals surface area (Å²) in [5, 5.41) is 0. The first-order valence-corrected chi connectivity index (χ1v) is 1.92. The summed E-state index contributed by atoms with van der Waals surface area (Å²) >= 11 is 0. The summed E-state index contributed by atoms with van der Waals surface area (Å²) in [6, 6.07) is 0. The van der Waals surface area contributed by atoms with E-state index in [-0.39, 0.29) is 6.29 Å². The quantitative estimate of drug-likeness (QED) is 0.281. The van der Waals surface area contributed by atoms with Crippen LogP contribution in [0.15, 0.2) is 12.2 Å². The third-order valence-corrected chi connectivity index (χ3v) is 0.455. The van der Waals surface area contributed by atoms with E-state index in [0.29, 0.717) is 6.29 Å². The van der Waals surface area contributed by atoms with E-state index < -0.39 is 5.78 Å². The van der Waals surface area contributed by atoms with Gasteiger partial charge >= 0.3 is 0 Å². The van der Waals surface area contributed by atoms with Gasteiger partial charge in [0.2, 0.25) is 5.78 Å². The third kappa shape index (κ3) is 2.96. The highest BCUT2D eigenvalue weighted by atomic mass is 16.2. The smallest absolute Gasteiger partial charge is 0.218 e. The maximum Gasteiger partial charge on any atom is 0.218 e. The molecule has 0 heterocycles. The SMILES string of the molecule is O=C/C=C/C(=O)C=O. The van der Waals surface area contributed by atoms with Gasteiger partial charge < -0.3 is 0 Å². The minimum Gasteiger partial charge on any atom is -0.299 e. The standard InChI is InChI=1S/C5H4O3/c6-3-1-2-5(8)4-7/h1-4H/b2-1+. The Bertz CT molecular complexity index is 135. The zero-order valence-corrected chi connectivity index (χ0v) is 4.03. The van der Waals surface area contributed by atoms with E-state index in [1.807, 2.05) is 0 Å². The number of carbonyl (C=O) groups is 3. The number of hydrogen-bond acceptors (Lipinski definition) is 3. The lowest BCUT2D eigenvalue weighted by Crippen LogP contribution is -1.90. The largest absolute Gasteiger partial charge is 0.299 e. The van der Waals surface area contributed by atoms with Crippen LogP contribution in [0.1, 0.15) is 0 Å². The van der Waals surface area contributed by atoms with Gasteiger partial charge in [0, 0.05) is 0 Å². The van der Waals surface area contributed by atoms with Crippen LogP contribution < -0.4 is 0 Å². The van der Waals surface area contributed by atoms with Crippen molar-refractivity contribution in [3.05, 3.63) is 12.2 Å². The topological polar surface area (TPSA) is 51.2 Å². The number of aldehydes is 2. The van der Waals surface area contributed by atoms with Crippen molar-refractivity contribution in [2.24, 2.45) is 0 Å². The molecule has 42 valence electrons. The molecule has 0 unspecified atom stereocenters. The van der Waals surface area contributed by atoms with Crippen LogP contribution in [0.25, 0.3) is 0 Å². The summed E-state index contributed by atoms with van der Waals surface area (Å²) in [5.41, 5.74) is 0. The molecule has 0 rings (SSSR count). The predicted octanol–water partition coefficient (Wildman–Crippen LogP) is -0.491. The fraction of sp³-hybridized carbons (Fsp3) is 0. The summed E-state index contributed by atoms with van der Waals surface area (Å²) in [4.78, 5) is 28.9. The molecule has 3 heteroatoms.